The average Bonchev–Trinajstić information content (AvgIpc) is 3.28. The predicted octanol–water partition coefficient (Wildman–Crippen LogP) is 1.30. The molecule has 0 amide bonds. The van der Waals surface area contributed by atoms with Crippen LogP contribution in [0.5, 0.6) is 0 Å². The van der Waals surface area contributed by atoms with E-state index in [9.17, 15) is 8.42 Å². The number of hydrogen-bond donors (Lipinski definition) is 1. The molecule has 0 bridgehead atoms. The van der Waals surface area contributed by atoms with Crippen LogP contribution in [0.25, 0.3) is 5.82 Å². The van der Waals surface area contributed by atoms with Crippen molar-refractivity contribution in [2.24, 2.45) is 0 Å². The largest absolute Gasteiger partial charge is 0.379 e. The highest BCUT2D eigenvalue weighted by Gasteiger charge is 2.26. The molecule has 1 aliphatic rings. The lowest BCUT2D eigenvalue weighted by molar-refractivity contribution is 0.0730. The summed E-state index contributed by atoms with van der Waals surface area (Å²) in [6, 6.07) is 8.91. The first-order chi connectivity index (χ1) is 13.6. The minimum Gasteiger partial charge on any atom is -0.379 e. The molecule has 10 heteroatoms. The second-order valence-corrected chi connectivity index (χ2v) is 8.16. The normalized spacial score (nSPS) is 15.4. The lowest BCUT2D eigenvalue weighted by Gasteiger charge is -2.25. The Balaban J connectivity index is 1.38. The number of nitrogens with one attached hydrogen (secondary N) is 1. The van der Waals surface area contributed by atoms with E-state index in [-0.39, 0.29) is 4.90 Å². The maximum atomic E-state index is 12.6. The van der Waals surface area contributed by atoms with E-state index in [1.165, 1.54) is 10.5 Å². The summed E-state index contributed by atoms with van der Waals surface area (Å²) < 4.78 is 33.5. The summed E-state index contributed by atoms with van der Waals surface area (Å²) in [5.41, 5.74) is 0.975. The van der Waals surface area contributed by atoms with Crippen molar-refractivity contribution >= 4 is 15.8 Å². The number of sulfonamides is 1. The van der Waals surface area contributed by atoms with Crippen LogP contribution < -0.4 is 5.32 Å². The molecule has 0 aliphatic carbocycles. The molecule has 0 spiro atoms. The standard InChI is InChI=1S/C18H20N6O3S/c25-28(26,23-8-10-27-11-9-23)16-3-4-17(20-14-16)19-12-15-2-5-18(21-13-15)24-7-1-6-22-24/h1-7,13-14H,8-12H2,(H,19,20). The van der Waals surface area contributed by atoms with Gasteiger partial charge in [-0.2, -0.15) is 9.40 Å². The number of ether oxygens (including phenoxy) is 1. The van der Waals surface area contributed by atoms with E-state index in [0.29, 0.717) is 38.7 Å². The molecule has 1 aliphatic heterocycles. The number of nitrogens with zero attached hydrogens (tertiary/aromatic N) is 5. The molecule has 4 rings (SSSR count). The maximum absolute atomic E-state index is 12.6. The zero-order valence-electron chi connectivity index (χ0n) is 15.1. The Bertz CT molecular complexity index is 998. The van der Waals surface area contributed by atoms with E-state index in [1.54, 1.807) is 29.2 Å². The maximum Gasteiger partial charge on any atom is 0.244 e. The van der Waals surface area contributed by atoms with Gasteiger partial charge < -0.3 is 10.1 Å². The van der Waals surface area contributed by atoms with Gasteiger partial charge >= 0.3 is 0 Å². The monoisotopic (exact) mass is 400 g/mol. The van der Waals surface area contributed by atoms with Crippen LogP contribution in [0, 0.1) is 0 Å². The number of hydrogen-bond acceptors (Lipinski definition) is 7. The minimum atomic E-state index is -3.53. The van der Waals surface area contributed by atoms with Gasteiger partial charge in [-0.3, -0.25) is 0 Å². The van der Waals surface area contributed by atoms with Crippen molar-refractivity contribution in [3.8, 4) is 5.82 Å². The van der Waals surface area contributed by atoms with Crippen LogP contribution in [0.2, 0.25) is 0 Å². The quantitative estimate of drug-likeness (QED) is 0.665. The molecule has 4 heterocycles. The van der Waals surface area contributed by atoms with Crippen molar-refractivity contribution in [1.29, 1.82) is 0 Å². The van der Waals surface area contributed by atoms with Crippen molar-refractivity contribution in [1.82, 2.24) is 24.1 Å². The molecule has 3 aromatic rings. The zero-order chi connectivity index (χ0) is 19.4. The Morgan fingerprint density at radius 2 is 1.93 bits per heavy atom. The minimum absolute atomic E-state index is 0.185. The van der Waals surface area contributed by atoms with E-state index < -0.39 is 10.0 Å². The van der Waals surface area contributed by atoms with Gasteiger partial charge in [0.05, 0.1) is 13.2 Å². The van der Waals surface area contributed by atoms with Crippen LogP contribution in [-0.2, 0) is 21.3 Å². The van der Waals surface area contributed by atoms with Crippen LogP contribution in [-0.4, -0.2) is 58.8 Å². The molecule has 146 valence electrons. The van der Waals surface area contributed by atoms with Crippen LogP contribution in [0.3, 0.4) is 0 Å². The van der Waals surface area contributed by atoms with Gasteiger partial charge in [-0.25, -0.2) is 23.1 Å². The third-order valence-corrected chi connectivity index (χ3v) is 6.25. The molecule has 0 saturated carbocycles. The molecule has 0 aromatic carbocycles. The Kier molecular flexibility index (Phi) is 5.33. The highest BCUT2D eigenvalue weighted by Crippen LogP contribution is 2.18. The number of rotatable bonds is 6. The van der Waals surface area contributed by atoms with Gasteiger partial charge in [0.15, 0.2) is 5.82 Å². The fourth-order valence-electron chi connectivity index (χ4n) is 2.83. The van der Waals surface area contributed by atoms with Crippen molar-refractivity contribution in [2.75, 3.05) is 31.6 Å². The number of pyridine rings is 2. The third-order valence-electron chi connectivity index (χ3n) is 4.37. The molecule has 0 unspecified atom stereocenters. The van der Waals surface area contributed by atoms with Crippen molar-refractivity contribution in [2.45, 2.75) is 11.4 Å². The summed E-state index contributed by atoms with van der Waals surface area (Å²) in [5, 5.41) is 7.31. The number of anilines is 1. The fraction of sp³-hybridized carbons (Fsp3) is 0.278. The summed E-state index contributed by atoms with van der Waals surface area (Å²) in [6.45, 7) is 2.09. The number of morpholine rings is 1. The van der Waals surface area contributed by atoms with E-state index in [1.807, 2.05) is 24.4 Å². The zero-order valence-corrected chi connectivity index (χ0v) is 15.9. The molecule has 1 fully saturated rings. The van der Waals surface area contributed by atoms with E-state index in [2.05, 4.69) is 20.4 Å². The molecule has 0 atom stereocenters. The van der Waals surface area contributed by atoms with Crippen molar-refractivity contribution in [3.63, 3.8) is 0 Å². The Morgan fingerprint density at radius 1 is 1.07 bits per heavy atom. The molecule has 1 N–H and O–H groups in total. The van der Waals surface area contributed by atoms with Gasteiger partial charge in [0.25, 0.3) is 0 Å². The summed E-state index contributed by atoms with van der Waals surface area (Å²) in [5.74, 6) is 1.33. The van der Waals surface area contributed by atoms with Crippen LogP contribution in [0.4, 0.5) is 5.82 Å². The second-order valence-electron chi connectivity index (χ2n) is 6.22. The van der Waals surface area contributed by atoms with Gasteiger partial charge in [-0.1, -0.05) is 6.07 Å². The van der Waals surface area contributed by atoms with Gasteiger partial charge in [0.1, 0.15) is 10.7 Å². The lowest BCUT2D eigenvalue weighted by atomic mass is 10.3. The third kappa shape index (κ3) is 4.03. The Labute approximate surface area is 163 Å². The van der Waals surface area contributed by atoms with Gasteiger partial charge in [-0.05, 0) is 29.8 Å². The molecular formula is C18H20N6O3S. The topological polar surface area (TPSA) is 102 Å². The molecule has 28 heavy (non-hydrogen) atoms. The first-order valence-corrected chi connectivity index (χ1v) is 10.3. The van der Waals surface area contributed by atoms with Crippen molar-refractivity contribution < 1.29 is 13.2 Å². The summed E-state index contributed by atoms with van der Waals surface area (Å²) >= 11 is 0. The summed E-state index contributed by atoms with van der Waals surface area (Å²) in [4.78, 5) is 8.79. The summed E-state index contributed by atoms with van der Waals surface area (Å²) in [7, 11) is -3.53. The smallest absolute Gasteiger partial charge is 0.244 e. The highest BCUT2D eigenvalue weighted by atomic mass is 32.2. The molecule has 9 nitrogen and oxygen atoms in total. The molecular weight excluding hydrogens is 380 g/mol. The first kappa shape index (κ1) is 18.5. The first-order valence-electron chi connectivity index (χ1n) is 8.86. The van der Waals surface area contributed by atoms with Crippen LogP contribution in [0.1, 0.15) is 5.56 Å². The van der Waals surface area contributed by atoms with E-state index in [4.69, 9.17) is 4.74 Å². The predicted molar refractivity (Wildman–Crippen MR) is 103 cm³/mol. The number of aromatic nitrogens is 4. The molecule has 0 radical (unpaired) electrons. The Hall–Kier alpha value is -2.82. The van der Waals surface area contributed by atoms with Gasteiger partial charge in [0, 0.05) is 44.4 Å². The van der Waals surface area contributed by atoms with E-state index >= 15 is 0 Å². The average molecular weight is 400 g/mol. The highest BCUT2D eigenvalue weighted by molar-refractivity contribution is 7.89. The molecule has 1 saturated heterocycles. The second kappa shape index (κ2) is 8.05. The van der Waals surface area contributed by atoms with Crippen LogP contribution in [0.15, 0.2) is 60.0 Å². The van der Waals surface area contributed by atoms with E-state index in [0.717, 1.165) is 11.4 Å². The SMILES string of the molecule is O=S(=O)(c1ccc(NCc2ccc(-n3cccn3)nc2)nc1)N1CCOCC1. The molecule has 3 aromatic heterocycles. The lowest BCUT2D eigenvalue weighted by Crippen LogP contribution is -2.40. The van der Waals surface area contributed by atoms with Crippen LogP contribution >= 0.6 is 0 Å². The Morgan fingerprint density at radius 3 is 2.57 bits per heavy atom. The van der Waals surface area contributed by atoms with Crippen molar-refractivity contribution in [3.05, 3.63) is 60.7 Å². The summed E-state index contributed by atoms with van der Waals surface area (Å²) in [6.07, 6.45) is 6.68. The van der Waals surface area contributed by atoms with Gasteiger partial charge in [-0.15, -0.1) is 0 Å². The van der Waals surface area contributed by atoms with Gasteiger partial charge in [0.2, 0.25) is 10.0 Å². The fourth-order valence-corrected chi connectivity index (χ4v) is 4.18.